The van der Waals surface area contributed by atoms with Crippen LogP contribution >= 0.6 is 11.3 Å². The number of nitrogens with zero attached hydrogens (tertiary/aromatic N) is 1. The van der Waals surface area contributed by atoms with Crippen molar-refractivity contribution in [3.8, 4) is 10.4 Å². The maximum Gasteiger partial charge on any atom is 0.340 e. The van der Waals surface area contributed by atoms with E-state index < -0.39 is 0 Å². The fourth-order valence-electron chi connectivity index (χ4n) is 2.94. The third-order valence-electron chi connectivity index (χ3n) is 3.93. The Balaban J connectivity index is 2.15. The average molecular weight is 337 g/mol. The molecule has 0 N–H and O–H groups in total. The summed E-state index contributed by atoms with van der Waals surface area (Å²) in [7, 11) is 0. The van der Waals surface area contributed by atoms with Crippen molar-refractivity contribution in [3.05, 3.63) is 53.0 Å². The summed E-state index contributed by atoms with van der Waals surface area (Å²) >= 11 is 1.56. The molecule has 120 valence electrons. The first-order chi connectivity index (χ1) is 11.7. The number of rotatable bonds is 3. The van der Waals surface area contributed by atoms with E-state index in [-0.39, 0.29) is 5.97 Å². The topological polar surface area (TPSA) is 52.3 Å². The summed E-state index contributed by atoms with van der Waals surface area (Å²) in [5.74, 6) is -0.367. The molecule has 4 nitrogen and oxygen atoms in total. The number of hydrogen-bond acceptors (Lipinski definition) is 5. The number of carbonyl (C=O) groups excluding carboxylic acids is 1. The Hall–Kier alpha value is -2.66. The van der Waals surface area contributed by atoms with Crippen molar-refractivity contribution in [2.24, 2.45) is 0 Å². The fraction of sp³-hybridized carbons (Fsp3) is 0.158. The molecule has 0 bridgehead atoms. The molecule has 0 saturated heterocycles. The molecular formula is C19H15NO3S. The number of aryl methyl sites for hydroxylation is 1. The van der Waals surface area contributed by atoms with Crippen molar-refractivity contribution in [2.45, 2.75) is 13.8 Å². The Bertz CT molecular complexity index is 1050. The highest BCUT2D eigenvalue weighted by Gasteiger charge is 2.25. The quantitative estimate of drug-likeness (QED) is 0.482. The second-order valence-electron chi connectivity index (χ2n) is 5.42. The number of thiophene rings is 1. The molecule has 0 spiro atoms. The van der Waals surface area contributed by atoms with Crippen LogP contribution in [0.5, 0.6) is 0 Å². The highest BCUT2D eigenvalue weighted by Crippen LogP contribution is 2.40. The Morgan fingerprint density at radius 3 is 2.83 bits per heavy atom. The zero-order valence-electron chi connectivity index (χ0n) is 13.3. The molecule has 4 rings (SSSR count). The van der Waals surface area contributed by atoms with Crippen LogP contribution in [0.2, 0.25) is 0 Å². The first-order valence-electron chi connectivity index (χ1n) is 7.73. The Labute approximate surface area is 142 Å². The standard InChI is InChI=1S/C19H15NO3S/c1-3-22-19(21)15-11(2)20-17-12-7-4-5-8-13(12)23-18(17)16(15)14-9-6-10-24-14/h4-10H,3H2,1-2H3. The van der Waals surface area contributed by atoms with Crippen LogP contribution < -0.4 is 0 Å². The lowest BCUT2D eigenvalue weighted by Gasteiger charge is -2.10. The van der Waals surface area contributed by atoms with Gasteiger partial charge in [-0.3, -0.25) is 0 Å². The van der Waals surface area contributed by atoms with Crippen molar-refractivity contribution in [1.82, 2.24) is 4.98 Å². The predicted molar refractivity (Wildman–Crippen MR) is 95.5 cm³/mol. The van der Waals surface area contributed by atoms with Gasteiger partial charge in [-0.25, -0.2) is 9.78 Å². The summed E-state index contributed by atoms with van der Waals surface area (Å²) in [6.07, 6.45) is 0. The summed E-state index contributed by atoms with van der Waals surface area (Å²) in [4.78, 5) is 18.2. The van der Waals surface area contributed by atoms with Crippen LogP contribution in [0.4, 0.5) is 0 Å². The lowest BCUT2D eigenvalue weighted by Crippen LogP contribution is -2.10. The third-order valence-corrected chi connectivity index (χ3v) is 4.82. The lowest BCUT2D eigenvalue weighted by atomic mass is 10.0. The van der Waals surface area contributed by atoms with Gasteiger partial charge in [-0.05, 0) is 37.4 Å². The molecule has 0 aliphatic heterocycles. The Morgan fingerprint density at radius 2 is 2.08 bits per heavy atom. The van der Waals surface area contributed by atoms with E-state index in [1.807, 2.05) is 48.7 Å². The number of furan rings is 1. The number of pyridine rings is 1. The van der Waals surface area contributed by atoms with Crippen molar-refractivity contribution >= 4 is 39.4 Å². The van der Waals surface area contributed by atoms with Crippen LogP contribution in [0, 0.1) is 6.92 Å². The number of ether oxygens (including phenoxy) is 1. The average Bonchev–Trinajstić information content (AvgIpc) is 3.21. The van der Waals surface area contributed by atoms with Gasteiger partial charge in [0.1, 0.15) is 11.1 Å². The van der Waals surface area contributed by atoms with Crippen molar-refractivity contribution in [2.75, 3.05) is 6.61 Å². The molecule has 0 amide bonds. The van der Waals surface area contributed by atoms with Gasteiger partial charge < -0.3 is 9.15 Å². The number of carbonyl (C=O) groups is 1. The molecule has 0 atom stereocenters. The van der Waals surface area contributed by atoms with Crippen molar-refractivity contribution in [3.63, 3.8) is 0 Å². The van der Waals surface area contributed by atoms with Gasteiger partial charge in [0.05, 0.1) is 23.4 Å². The van der Waals surface area contributed by atoms with Gasteiger partial charge in [0.25, 0.3) is 0 Å². The maximum atomic E-state index is 12.5. The van der Waals surface area contributed by atoms with Gasteiger partial charge in [0, 0.05) is 10.3 Å². The van der Waals surface area contributed by atoms with Gasteiger partial charge in [-0.1, -0.05) is 18.2 Å². The Kier molecular flexibility index (Phi) is 3.58. The summed E-state index contributed by atoms with van der Waals surface area (Å²) < 4.78 is 11.3. The summed E-state index contributed by atoms with van der Waals surface area (Å²) in [6.45, 7) is 3.95. The minimum absolute atomic E-state index is 0.320. The van der Waals surface area contributed by atoms with E-state index in [2.05, 4.69) is 4.98 Å². The largest absolute Gasteiger partial charge is 0.462 e. The Morgan fingerprint density at radius 1 is 1.25 bits per heavy atom. The van der Waals surface area contributed by atoms with Gasteiger partial charge in [0.15, 0.2) is 5.58 Å². The van der Waals surface area contributed by atoms with Crippen LogP contribution in [0.25, 0.3) is 32.5 Å². The first kappa shape index (κ1) is 14.9. The highest BCUT2D eigenvalue weighted by atomic mass is 32.1. The van der Waals surface area contributed by atoms with Crippen LogP contribution in [0.3, 0.4) is 0 Å². The molecule has 4 aromatic rings. The van der Waals surface area contributed by atoms with Gasteiger partial charge in [-0.15, -0.1) is 11.3 Å². The molecular weight excluding hydrogens is 322 g/mol. The second kappa shape index (κ2) is 5.76. The minimum Gasteiger partial charge on any atom is -0.462 e. The van der Waals surface area contributed by atoms with E-state index in [1.54, 1.807) is 18.3 Å². The predicted octanol–water partition coefficient (Wildman–Crippen LogP) is 5.19. The maximum absolute atomic E-state index is 12.5. The molecule has 0 saturated carbocycles. The molecule has 0 aliphatic rings. The zero-order chi connectivity index (χ0) is 16.7. The molecule has 24 heavy (non-hydrogen) atoms. The number of aromatic nitrogens is 1. The third kappa shape index (κ3) is 2.20. The molecule has 3 aromatic heterocycles. The van der Waals surface area contributed by atoms with E-state index in [1.165, 1.54) is 0 Å². The van der Waals surface area contributed by atoms with E-state index in [0.29, 0.717) is 23.4 Å². The monoisotopic (exact) mass is 337 g/mol. The molecule has 0 unspecified atom stereocenters. The van der Waals surface area contributed by atoms with E-state index in [4.69, 9.17) is 9.15 Å². The van der Waals surface area contributed by atoms with Crippen LogP contribution in [-0.4, -0.2) is 17.6 Å². The first-order valence-corrected chi connectivity index (χ1v) is 8.61. The minimum atomic E-state index is -0.367. The van der Waals surface area contributed by atoms with Gasteiger partial charge in [0.2, 0.25) is 0 Å². The van der Waals surface area contributed by atoms with Crippen molar-refractivity contribution < 1.29 is 13.9 Å². The molecule has 1 aromatic carbocycles. The van der Waals surface area contributed by atoms with Crippen LogP contribution in [0.15, 0.2) is 46.2 Å². The summed E-state index contributed by atoms with van der Waals surface area (Å²) in [6, 6.07) is 11.7. The van der Waals surface area contributed by atoms with Crippen LogP contribution in [0.1, 0.15) is 23.0 Å². The number of fused-ring (bicyclic) bond motifs is 3. The number of hydrogen-bond donors (Lipinski definition) is 0. The highest BCUT2D eigenvalue weighted by molar-refractivity contribution is 7.13. The molecule has 5 heteroatoms. The molecule has 3 heterocycles. The molecule has 0 aliphatic carbocycles. The summed E-state index contributed by atoms with van der Waals surface area (Å²) in [5, 5.41) is 2.93. The smallest absolute Gasteiger partial charge is 0.340 e. The fourth-order valence-corrected chi connectivity index (χ4v) is 3.71. The molecule has 0 fully saturated rings. The number of benzene rings is 1. The lowest BCUT2D eigenvalue weighted by molar-refractivity contribution is 0.0526. The number of esters is 1. The van der Waals surface area contributed by atoms with Crippen LogP contribution in [-0.2, 0) is 4.74 Å². The zero-order valence-corrected chi connectivity index (χ0v) is 14.1. The summed E-state index contributed by atoms with van der Waals surface area (Å²) in [5.41, 5.74) is 4.06. The second-order valence-corrected chi connectivity index (χ2v) is 6.37. The normalized spacial score (nSPS) is 11.2. The van der Waals surface area contributed by atoms with E-state index >= 15 is 0 Å². The van der Waals surface area contributed by atoms with Gasteiger partial charge in [-0.2, -0.15) is 0 Å². The SMILES string of the molecule is CCOC(=O)c1c(C)nc2c(oc3ccccc32)c1-c1cccs1. The van der Waals surface area contributed by atoms with Crippen molar-refractivity contribution in [1.29, 1.82) is 0 Å². The molecule has 0 radical (unpaired) electrons. The van der Waals surface area contributed by atoms with E-state index in [9.17, 15) is 4.79 Å². The number of para-hydroxylation sites is 1. The van der Waals surface area contributed by atoms with Gasteiger partial charge >= 0.3 is 5.97 Å². The van der Waals surface area contributed by atoms with E-state index in [0.717, 1.165) is 26.9 Å².